The van der Waals surface area contributed by atoms with Crippen LogP contribution < -0.4 is 15.0 Å². The first-order chi connectivity index (χ1) is 17.8. The molecule has 1 aliphatic rings. The second-order valence-electron chi connectivity index (χ2n) is 8.54. The van der Waals surface area contributed by atoms with Crippen LogP contribution in [0, 0.1) is 12.8 Å². The van der Waals surface area contributed by atoms with Gasteiger partial charge >= 0.3 is 11.9 Å². The van der Waals surface area contributed by atoms with E-state index in [1.165, 1.54) is 36.3 Å². The quantitative estimate of drug-likeness (QED) is 0.462. The Bertz CT molecular complexity index is 1290. The predicted molar refractivity (Wildman–Crippen MR) is 136 cm³/mol. The van der Waals surface area contributed by atoms with Crippen molar-refractivity contribution >= 4 is 35.1 Å². The standard InChI is InChI=1S/C28H26N2O7/c1-18-3-11-23(12-4-18)37-24-13-9-22(10-14-24)30-16-20(15-26(30)32)28(34)36-17-25(31)29-21-7-5-19(6-8-21)27(33)35-2/h3-14,20H,15-17H2,1-2H3,(H,29,31)/t20-/m1/s1. The van der Waals surface area contributed by atoms with Crippen molar-refractivity contribution in [1.29, 1.82) is 0 Å². The van der Waals surface area contributed by atoms with E-state index in [0.717, 1.165) is 5.56 Å². The normalized spacial score (nSPS) is 14.7. The fraction of sp³-hybridized carbons (Fsp3) is 0.214. The highest BCUT2D eigenvalue weighted by Gasteiger charge is 2.36. The Morgan fingerprint density at radius 1 is 0.919 bits per heavy atom. The molecule has 3 aromatic carbocycles. The molecule has 1 fully saturated rings. The Morgan fingerprint density at radius 2 is 1.54 bits per heavy atom. The van der Waals surface area contributed by atoms with Crippen LogP contribution in [0.15, 0.2) is 72.8 Å². The summed E-state index contributed by atoms with van der Waals surface area (Å²) in [5, 5.41) is 2.58. The summed E-state index contributed by atoms with van der Waals surface area (Å²) in [5.41, 5.74) is 2.56. The zero-order valence-corrected chi connectivity index (χ0v) is 20.4. The molecule has 3 aromatic rings. The van der Waals surface area contributed by atoms with Gasteiger partial charge in [-0.3, -0.25) is 14.4 Å². The van der Waals surface area contributed by atoms with Gasteiger partial charge in [0.05, 0.1) is 18.6 Å². The van der Waals surface area contributed by atoms with Gasteiger partial charge < -0.3 is 24.4 Å². The number of rotatable bonds is 8. The van der Waals surface area contributed by atoms with E-state index >= 15 is 0 Å². The van der Waals surface area contributed by atoms with Crippen LogP contribution in [0.5, 0.6) is 11.5 Å². The van der Waals surface area contributed by atoms with Crippen molar-refractivity contribution in [3.63, 3.8) is 0 Å². The van der Waals surface area contributed by atoms with Gasteiger partial charge in [-0.1, -0.05) is 17.7 Å². The van der Waals surface area contributed by atoms with Gasteiger partial charge in [0, 0.05) is 24.3 Å². The molecule has 0 aromatic heterocycles. The van der Waals surface area contributed by atoms with E-state index in [1.54, 1.807) is 24.3 Å². The van der Waals surface area contributed by atoms with Crippen LogP contribution in [-0.4, -0.2) is 44.0 Å². The van der Waals surface area contributed by atoms with Gasteiger partial charge in [0.1, 0.15) is 11.5 Å². The molecular formula is C28H26N2O7. The van der Waals surface area contributed by atoms with Crippen molar-refractivity contribution in [2.75, 3.05) is 30.5 Å². The first kappa shape index (κ1) is 25.4. The third kappa shape index (κ3) is 6.52. The lowest BCUT2D eigenvalue weighted by Gasteiger charge is -2.17. The molecule has 1 saturated heterocycles. The van der Waals surface area contributed by atoms with Gasteiger partial charge in [-0.15, -0.1) is 0 Å². The Labute approximate surface area is 213 Å². The second-order valence-corrected chi connectivity index (χ2v) is 8.54. The Hall–Kier alpha value is -4.66. The van der Waals surface area contributed by atoms with Gasteiger partial charge in [-0.2, -0.15) is 0 Å². The maximum absolute atomic E-state index is 12.5. The minimum atomic E-state index is -0.678. The molecule has 0 bridgehead atoms. The number of carbonyl (C=O) groups excluding carboxylic acids is 4. The van der Waals surface area contributed by atoms with Crippen LogP contribution in [0.3, 0.4) is 0 Å². The molecule has 1 atom stereocenters. The van der Waals surface area contributed by atoms with E-state index < -0.39 is 30.4 Å². The third-order valence-electron chi connectivity index (χ3n) is 5.80. The molecule has 0 unspecified atom stereocenters. The first-order valence-corrected chi connectivity index (χ1v) is 11.6. The number of amides is 2. The van der Waals surface area contributed by atoms with Crippen LogP contribution in [0.4, 0.5) is 11.4 Å². The fourth-order valence-corrected chi connectivity index (χ4v) is 3.81. The number of carbonyl (C=O) groups is 4. The SMILES string of the molecule is COC(=O)c1ccc(NC(=O)COC(=O)[C@@H]2CC(=O)N(c3ccc(Oc4ccc(C)cc4)cc3)C2)cc1. The van der Waals surface area contributed by atoms with Crippen molar-refractivity contribution < 1.29 is 33.4 Å². The summed E-state index contributed by atoms with van der Waals surface area (Å²) in [4.78, 5) is 50.2. The molecule has 9 heteroatoms. The number of aryl methyl sites for hydroxylation is 1. The summed E-state index contributed by atoms with van der Waals surface area (Å²) in [6, 6.07) is 20.8. The number of benzene rings is 3. The molecule has 190 valence electrons. The van der Waals surface area contributed by atoms with Crippen molar-refractivity contribution in [2.24, 2.45) is 5.92 Å². The van der Waals surface area contributed by atoms with Crippen LogP contribution in [0.1, 0.15) is 22.3 Å². The van der Waals surface area contributed by atoms with Gasteiger partial charge in [0.15, 0.2) is 6.61 Å². The van der Waals surface area contributed by atoms with Crippen molar-refractivity contribution in [1.82, 2.24) is 0 Å². The topological polar surface area (TPSA) is 111 Å². The average molecular weight is 503 g/mol. The monoisotopic (exact) mass is 502 g/mol. The van der Waals surface area contributed by atoms with Crippen LogP contribution in [0.2, 0.25) is 0 Å². The molecule has 9 nitrogen and oxygen atoms in total. The molecule has 0 aliphatic carbocycles. The van der Waals surface area contributed by atoms with Gasteiger partial charge in [0.25, 0.3) is 5.91 Å². The molecule has 1 N–H and O–H groups in total. The zero-order valence-electron chi connectivity index (χ0n) is 20.4. The van der Waals surface area contributed by atoms with Crippen LogP contribution in [0.25, 0.3) is 0 Å². The Morgan fingerprint density at radius 3 is 2.16 bits per heavy atom. The highest BCUT2D eigenvalue weighted by Crippen LogP contribution is 2.29. The van der Waals surface area contributed by atoms with Crippen molar-refractivity contribution in [3.8, 4) is 11.5 Å². The summed E-state index contributed by atoms with van der Waals surface area (Å²) in [5.74, 6) is -1.19. The van der Waals surface area contributed by atoms with E-state index in [2.05, 4.69) is 10.1 Å². The lowest BCUT2D eigenvalue weighted by molar-refractivity contribution is -0.151. The molecule has 0 radical (unpaired) electrons. The van der Waals surface area contributed by atoms with E-state index in [9.17, 15) is 19.2 Å². The molecule has 37 heavy (non-hydrogen) atoms. The van der Waals surface area contributed by atoms with Gasteiger partial charge in [0.2, 0.25) is 5.91 Å². The molecular weight excluding hydrogens is 476 g/mol. The Balaban J connectivity index is 1.26. The summed E-state index contributed by atoms with van der Waals surface area (Å²) in [6.45, 7) is 1.66. The number of nitrogens with one attached hydrogen (secondary N) is 1. The van der Waals surface area contributed by atoms with E-state index in [-0.39, 0.29) is 18.9 Å². The number of hydrogen-bond acceptors (Lipinski definition) is 7. The number of esters is 2. The minimum absolute atomic E-state index is 0.00292. The number of nitrogens with zero attached hydrogens (tertiary/aromatic N) is 1. The van der Waals surface area contributed by atoms with E-state index in [0.29, 0.717) is 28.4 Å². The number of anilines is 2. The molecule has 0 saturated carbocycles. The molecule has 1 heterocycles. The maximum Gasteiger partial charge on any atom is 0.337 e. The number of hydrogen-bond donors (Lipinski definition) is 1. The molecule has 2 amide bonds. The summed E-state index contributed by atoms with van der Waals surface area (Å²) in [7, 11) is 1.28. The number of ether oxygens (including phenoxy) is 3. The average Bonchev–Trinajstić information content (AvgIpc) is 3.30. The minimum Gasteiger partial charge on any atom is -0.465 e. The highest BCUT2D eigenvalue weighted by atomic mass is 16.5. The summed E-state index contributed by atoms with van der Waals surface area (Å²) < 4.78 is 15.6. The van der Waals surface area contributed by atoms with E-state index in [1.807, 2.05) is 31.2 Å². The summed E-state index contributed by atoms with van der Waals surface area (Å²) >= 11 is 0. The van der Waals surface area contributed by atoms with Crippen molar-refractivity contribution in [2.45, 2.75) is 13.3 Å². The zero-order chi connectivity index (χ0) is 26.4. The van der Waals surface area contributed by atoms with Crippen LogP contribution >= 0.6 is 0 Å². The lowest BCUT2D eigenvalue weighted by atomic mass is 10.1. The third-order valence-corrected chi connectivity index (χ3v) is 5.80. The molecule has 1 aliphatic heterocycles. The highest BCUT2D eigenvalue weighted by molar-refractivity contribution is 6.00. The van der Waals surface area contributed by atoms with Gasteiger partial charge in [-0.05, 0) is 67.6 Å². The van der Waals surface area contributed by atoms with E-state index in [4.69, 9.17) is 9.47 Å². The fourth-order valence-electron chi connectivity index (χ4n) is 3.81. The molecule has 4 rings (SSSR count). The summed E-state index contributed by atoms with van der Waals surface area (Å²) in [6.07, 6.45) is -0.00292. The first-order valence-electron chi connectivity index (χ1n) is 11.6. The second kappa shape index (κ2) is 11.4. The smallest absolute Gasteiger partial charge is 0.337 e. The van der Waals surface area contributed by atoms with Crippen LogP contribution in [-0.2, 0) is 23.9 Å². The molecule has 0 spiro atoms. The lowest BCUT2D eigenvalue weighted by Crippen LogP contribution is -2.28. The van der Waals surface area contributed by atoms with Gasteiger partial charge in [-0.25, -0.2) is 4.79 Å². The number of methoxy groups -OCH3 is 1. The maximum atomic E-state index is 12.5. The largest absolute Gasteiger partial charge is 0.465 e. The Kier molecular flexibility index (Phi) is 7.83. The van der Waals surface area contributed by atoms with Crippen molar-refractivity contribution in [3.05, 3.63) is 83.9 Å². The predicted octanol–water partition coefficient (Wildman–Crippen LogP) is 4.11.